The van der Waals surface area contributed by atoms with E-state index in [9.17, 15) is 19.8 Å². The quantitative estimate of drug-likeness (QED) is 0.243. The monoisotopic (exact) mass is 565 g/mol. The minimum atomic E-state index is -1.02. The van der Waals surface area contributed by atoms with Gasteiger partial charge in [-0.2, -0.15) is 0 Å². The van der Waals surface area contributed by atoms with Crippen molar-refractivity contribution in [3.8, 4) is 5.75 Å². The first-order valence-corrected chi connectivity index (χ1v) is 15.0. The molecule has 3 heterocycles. The number of piperidine rings is 1. The summed E-state index contributed by atoms with van der Waals surface area (Å²) in [6, 6.07) is 12.7. The number of likely N-dealkylation sites (tertiary alicyclic amines) is 1. The molecule has 2 amide bonds. The molecule has 0 bridgehead atoms. The van der Waals surface area contributed by atoms with Gasteiger partial charge in [-0.25, -0.2) is 14.6 Å². The van der Waals surface area contributed by atoms with Crippen LogP contribution in [0.2, 0.25) is 0 Å². The van der Waals surface area contributed by atoms with Gasteiger partial charge in [0.05, 0.1) is 0 Å². The van der Waals surface area contributed by atoms with Crippen LogP contribution in [-0.2, 0) is 17.6 Å². The molecule has 1 aromatic carbocycles. The first-order chi connectivity index (χ1) is 20.0. The van der Waals surface area contributed by atoms with Gasteiger partial charge in [-0.3, -0.25) is 4.90 Å². The highest BCUT2D eigenvalue weighted by Gasteiger charge is 2.56. The Morgan fingerprint density at radius 2 is 1.90 bits per heavy atom. The number of unbranched alkanes of at least 4 members (excludes halogenated alkanes) is 1. The highest BCUT2D eigenvalue weighted by molar-refractivity contribution is 5.82. The lowest BCUT2D eigenvalue weighted by molar-refractivity contribution is -0.139. The topological polar surface area (TPSA) is 127 Å². The molecule has 0 spiro atoms. The van der Waals surface area contributed by atoms with Crippen molar-refractivity contribution in [1.29, 1.82) is 0 Å². The normalized spacial score (nSPS) is 21.5. The summed E-state index contributed by atoms with van der Waals surface area (Å²) >= 11 is 0. The summed E-state index contributed by atoms with van der Waals surface area (Å²) < 4.78 is 5.91. The van der Waals surface area contributed by atoms with Crippen LogP contribution in [-0.4, -0.2) is 95.5 Å². The molecule has 10 nitrogen and oxygen atoms in total. The van der Waals surface area contributed by atoms with Gasteiger partial charge in [-0.15, -0.1) is 0 Å². The van der Waals surface area contributed by atoms with Crippen LogP contribution in [0, 0.1) is 17.8 Å². The standard InChI is InChI=1S/C31H43N5O5/c37-21-27-25-19-36(20-26(25)27)31(40)34-28(30(38)39)13-16-35(17-18-41-24-9-2-1-3-10-24)15-5-4-8-23-12-11-22-7-6-14-32-29(22)33-23/h1-3,9-12,25-28,37H,4-8,13-21H2,(H,32,33)(H,34,40)(H,38,39). The number of pyridine rings is 1. The van der Waals surface area contributed by atoms with Crippen LogP contribution in [0.3, 0.4) is 0 Å². The number of aliphatic hydroxyl groups excluding tert-OH is 1. The second-order valence-corrected chi connectivity index (χ2v) is 11.5. The molecule has 2 aromatic rings. The summed E-state index contributed by atoms with van der Waals surface area (Å²) in [6.07, 6.45) is 5.36. The molecule has 41 heavy (non-hydrogen) atoms. The number of carboxylic acid groups (broad SMARTS) is 1. The average molecular weight is 566 g/mol. The number of hydrogen-bond donors (Lipinski definition) is 4. The van der Waals surface area contributed by atoms with Gasteiger partial charge in [0.1, 0.15) is 24.2 Å². The van der Waals surface area contributed by atoms with Crippen LogP contribution in [0.15, 0.2) is 42.5 Å². The van der Waals surface area contributed by atoms with E-state index in [1.54, 1.807) is 4.90 Å². The smallest absolute Gasteiger partial charge is 0.326 e. The molecule has 1 saturated heterocycles. The lowest BCUT2D eigenvalue weighted by atomic mass is 10.1. The third-order valence-corrected chi connectivity index (χ3v) is 8.73. The number of aliphatic hydroxyl groups is 1. The number of benzene rings is 1. The van der Waals surface area contributed by atoms with Crippen molar-refractivity contribution in [2.75, 3.05) is 57.8 Å². The number of aliphatic carboxylic acids is 1. The van der Waals surface area contributed by atoms with Crippen LogP contribution in [0.25, 0.3) is 0 Å². The van der Waals surface area contributed by atoms with Gasteiger partial charge < -0.3 is 30.5 Å². The van der Waals surface area contributed by atoms with Gasteiger partial charge in [0.25, 0.3) is 0 Å². The number of fused-ring (bicyclic) bond motifs is 2. The number of para-hydroxylation sites is 1. The van der Waals surface area contributed by atoms with E-state index in [-0.39, 0.29) is 12.6 Å². The van der Waals surface area contributed by atoms with Crippen molar-refractivity contribution in [1.82, 2.24) is 20.1 Å². The summed E-state index contributed by atoms with van der Waals surface area (Å²) in [5.41, 5.74) is 2.39. The van der Waals surface area contributed by atoms with Crippen LogP contribution in [0.5, 0.6) is 5.75 Å². The molecule has 5 rings (SSSR count). The molecule has 222 valence electrons. The highest BCUT2D eigenvalue weighted by atomic mass is 16.5. The molecular weight excluding hydrogens is 522 g/mol. The van der Waals surface area contributed by atoms with E-state index in [1.165, 1.54) is 5.56 Å². The fourth-order valence-electron chi connectivity index (χ4n) is 6.19. The van der Waals surface area contributed by atoms with Crippen molar-refractivity contribution < 1.29 is 24.5 Å². The summed E-state index contributed by atoms with van der Waals surface area (Å²) in [7, 11) is 0. The second-order valence-electron chi connectivity index (χ2n) is 11.5. The maximum atomic E-state index is 12.8. The Balaban J connectivity index is 1.10. The molecule has 1 aromatic heterocycles. The summed E-state index contributed by atoms with van der Waals surface area (Å²) in [4.78, 5) is 33.5. The number of nitrogens with zero attached hydrogens (tertiary/aromatic N) is 3. The van der Waals surface area contributed by atoms with Crippen LogP contribution < -0.4 is 15.4 Å². The van der Waals surface area contributed by atoms with Crippen molar-refractivity contribution >= 4 is 17.8 Å². The zero-order valence-corrected chi connectivity index (χ0v) is 23.7. The number of ether oxygens (including phenoxy) is 1. The summed E-state index contributed by atoms with van der Waals surface area (Å²) in [6.45, 7) is 4.81. The number of hydrogen-bond acceptors (Lipinski definition) is 7. The number of urea groups is 1. The first kappa shape index (κ1) is 29.1. The molecule has 2 fully saturated rings. The van der Waals surface area contributed by atoms with Crippen molar-refractivity contribution in [2.45, 2.75) is 44.6 Å². The minimum absolute atomic E-state index is 0.160. The summed E-state index contributed by atoms with van der Waals surface area (Å²) in [5, 5.41) is 25.3. The molecule has 1 saturated carbocycles. The third-order valence-electron chi connectivity index (χ3n) is 8.73. The van der Waals surface area contributed by atoms with Gasteiger partial charge in [0.15, 0.2) is 0 Å². The first-order valence-electron chi connectivity index (χ1n) is 15.0. The molecular formula is C31H43N5O5. The third kappa shape index (κ3) is 7.89. The van der Waals surface area contributed by atoms with E-state index in [0.29, 0.717) is 57.0 Å². The average Bonchev–Trinajstić information content (AvgIpc) is 3.46. The number of carbonyl (C=O) groups is 2. The van der Waals surface area contributed by atoms with Gasteiger partial charge in [0.2, 0.25) is 0 Å². The lowest BCUT2D eigenvalue weighted by Gasteiger charge is -2.26. The Kier molecular flexibility index (Phi) is 9.95. The number of aromatic nitrogens is 1. The maximum Gasteiger partial charge on any atom is 0.326 e. The fourth-order valence-corrected chi connectivity index (χ4v) is 6.19. The van der Waals surface area contributed by atoms with E-state index in [1.807, 2.05) is 30.3 Å². The van der Waals surface area contributed by atoms with Crippen molar-refractivity contribution in [3.05, 3.63) is 53.7 Å². The van der Waals surface area contributed by atoms with Gasteiger partial charge in [0, 0.05) is 45.0 Å². The van der Waals surface area contributed by atoms with Gasteiger partial charge in [-0.05, 0) is 86.6 Å². The van der Waals surface area contributed by atoms with E-state index in [0.717, 1.165) is 62.5 Å². The molecule has 10 heteroatoms. The fraction of sp³-hybridized carbons (Fsp3) is 0.581. The maximum absolute atomic E-state index is 12.8. The van der Waals surface area contributed by atoms with E-state index < -0.39 is 12.0 Å². The number of nitrogens with one attached hydrogen (secondary N) is 2. The Morgan fingerprint density at radius 1 is 1.10 bits per heavy atom. The number of rotatable bonds is 15. The minimum Gasteiger partial charge on any atom is -0.492 e. The zero-order chi connectivity index (χ0) is 28.6. The Bertz CT molecular complexity index is 1150. The molecule has 2 aliphatic heterocycles. The molecule has 4 N–H and O–H groups in total. The van der Waals surface area contributed by atoms with E-state index in [2.05, 4.69) is 27.7 Å². The second kappa shape index (κ2) is 14.0. The predicted molar refractivity (Wildman–Crippen MR) is 156 cm³/mol. The highest BCUT2D eigenvalue weighted by Crippen LogP contribution is 2.51. The Hall–Kier alpha value is -3.37. The van der Waals surface area contributed by atoms with Gasteiger partial charge in [-0.1, -0.05) is 24.3 Å². The number of amides is 2. The van der Waals surface area contributed by atoms with E-state index in [4.69, 9.17) is 9.72 Å². The number of aryl methyl sites for hydroxylation is 2. The Labute approximate surface area is 242 Å². The number of anilines is 1. The molecule has 3 unspecified atom stereocenters. The number of carbonyl (C=O) groups excluding carboxylic acids is 1. The predicted octanol–water partition coefficient (Wildman–Crippen LogP) is 2.87. The molecule has 1 aliphatic carbocycles. The van der Waals surface area contributed by atoms with Crippen LogP contribution in [0.4, 0.5) is 10.6 Å². The SMILES string of the molecule is O=C(O)C(CCN(CCCCc1ccc2c(n1)NCCC2)CCOc1ccccc1)NC(=O)N1CC2C(CO)C2C1. The van der Waals surface area contributed by atoms with Crippen LogP contribution >= 0.6 is 0 Å². The largest absolute Gasteiger partial charge is 0.492 e. The zero-order valence-electron chi connectivity index (χ0n) is 23.7. The summed E-state index contributed by atoms with van der Waals surface area (Å²) in [5.74, 6) is 1.80. The number of carboxylic acids is 1. The van der Waals surface area contributed by atoms with Crippen LogP contribution in [0.1, 0.15) is 36.9 Å². The Morgan fingerprint density at radius 3 is 2.66 bits per heavy atom. The molecule has 3 atom stereocenters. The molecule has 0 radical (unpaired) electrons. The van der Waals surface area contributed by atoms with Gasteiger partial charge >= 0.3 is 12.0 Å². The van der Waals surface area contributed by atoms with Crippen molar-refractivity contribution in [2.24, 2.45) is 17.8 Å². The molecule has 3 aliphatic rings. The lowest BCUT2D eigenvalue weighted by Crippen LogP contribution is -2.49. The van der Waals surface area contributed by atoms with Crippen molar-refractivity contribution in [3.63, 3.8) is 0 Å². The van der Waals surface area contributed by atoms with E-state index >= 15 is 0 Å².